The predicted molar refractivity (Wildman–Crippen MR) is 110 cm³/mol. The summed E-state index contributed by atoms with van der Waals surface area (Å²) in [6.45, 7) is 5.91. The molecule has 0 spiro atoms. The number of non-ortho nitro benzene ring substituents is 1. The zero-order valence-electron chi connectivity index (χ0n) is 16.5. The summed E-state index contributed by atoms with van der Waals surface area (Å²) in [5.41, 5.74) is 1.42. The minimum absolute atomic E-state index is 0.00301. The number of anilines is 1. The fraction of sp³-hybridized carbons (Fsp3) is 0.381. The van der Waals surface area contributed by atoms with E-state index in [0.29, 0.717) is 17.4 Å². The fourth-order valence-electron chi connectivity index (χ4n) is 3.30. The molecule has 0 aliphatic carbocycles. The van der Waals surface area contributed by atoms with Gasteiger partial charge < -0.3 is 14.8 Å². The highest BCUT2D eigenvalue weighted by Crippen LogP contribution is 2.29. The summed E-state index contributed by atoms with van der Waals surface area (Å²) in [6.07, 6.45) is 1.53. The first-order chi connectivity index (χ1) is 13.9. The Morgan fingerprint density at radius 2 is 2.03 bits per heavy atom. The van der Waals surface area contributed by atoms with E-state index < -0.39 is 11.0 Å². The topological polar surface area (TPSA) is 103 Å². The van der Waals surface area contributed by atoms with Crippen LogP contribution >= 0.6 is 0 Å². The summed E-state index contributed by atoms with van der Waals surface area (Å²) in [5, 5.41) is 16.8. The molecule has 2 unspecified atom stereocenters. The molecule has 1 aliphatic heterocycles. The van der Waals surface area contributed by atoms with E-state index in [2.05, 4.69) is 10.6 Å². The maximum atomic E-state index is 12.3. The van der Waals surface area contributed by atoms with Crippen LogP contribution in [0, 0.1) is 23.0 Å². The highest BCUT2D eigenvalue weighted by Gasteiger charge is 2.22. The molecule has 29 heavy (non-hydrogen) atoms. The van der Waals surface area contributed by atoms with E-state index >= 15 is 0 Å². The Morgan fingerprint density at radius 1 is 1.28 bits per heavy atom. The van der Waals surface area contributed by atoms with Crippen molar-refractivity contribution >= 4 is 17.5 Å². The van der Waals surface area contributed by atoms with Gasteiger partial charge >= 0.3 is 6.09 Å². The van der Waals surface area contributed by atoms with Gasteiger partial charge in [-0.3, -0.25) is 15.4 Å². The van der Waals surface area contributed by atoms with Crippen molar-refractivity contribution in [2.24, 2.45) is 5.92 Å². The second-order valence-corrected chi connectivity index (χ2v) is 7.19. The molecule has 8 nitrogen and oxygen atoms in total. The van der Waals surface area contributed by atoms with Crippen LogP contribution in [0.3, 0.4) is 0 Å². The fourth-order valence-corrected chi connectivity index (χ4v) is 3.30. The highest BCUT2D eigenvalue weighted by molar-refractivity contribution is 5.88. The molecule has 1 aliphatic rings. The first kappa shape index (κ1) is 20.6. The van der Waals surface area contributed by atoms with Gasteiger partial charge in [-0.25, -0.2) is 4.79 Å². The van der Waals surface area contributed by atoms with E-state index in [4.69, 9.17) is 9.47 Å². The van der Waals surface area contributed by atoms with Crippen LogP contribution in [-0.4, -0.2) is 30.2 Å². The van der Waals surface area contributed by atoms with Crippen LogP contribution in [0.15, 0.2) is 42.5 Å². The Labute approximate surface area is 169 Å². The Hall–Kier alpha value is -3.13. The van der Waals surface area contributed by atoms with Crippen LogP contribution in [0.5, 0.6) is 11.5 Å². The van der Waals surface area contributed by atoms with Crippen LogP contribution < -0.4 is 20.1 Å². The lowest BCUT2D eigenvalue weighted by Gasteiger charge is -2.29. The average Bonchev–Trinajstić information content (AvgIpc) is 2.71. The van der Waals surface area contributed by atoms with Crippen molar-refractivity contribution in [2.75, 3.05) is 18.4 Å². The number of piperidine rings is 1. The number of nitrogens with one attached hydrogen (secondary N) is 2. The van der Waals surface area contributed by atoms with Crippen molar-refractivity contribution in [1.29, 1.82) is 0 Å². The number of carbonyl (C=O) groups excluding carboxylic acids is 1. The standard InChI is InChI=1S/C21H25N3O5/c1-14-5-10-20(28-15(2)16-4-3-11-22-13-16)19(12-14)23-21(25)29-18-8-6-17(7-9-18)24(26)27/h5-10,12,15-16,22H,3-4,11,13H2,1-2H3,(H,23,25). The van der Waals surface area contributed by atoms with Gasteiger partial charge in [0.25, 0.3) is 5.69 Å². The normalized spacial score (nSPS) is 17.2. The number of carbonyl (C=O) groups is 1. The number of aryl methyl sites for hydroxylation is 1. The van der Waals surface area contributed by atoms with Crippen molar-refractivity contribution in [2.45, 2.75) is 32.8 Å². The van der Waals surface area contributed by atoms with Gasteiger partial charge in [0.05, 0.1) is 10.6 Å². The Bertz CT molecular complexity index is 863. The van der Waals surface area contributed by atoms with Gasteiger partial charge in [0.2, 0.25) is 0 Å². The van der Waals surface area contributed by atoms with Gasteiger partial charge in [0.15, 0.2) is 0 Å². The summed E-state index contributed by atoms with van der Waals surface area (Å²) in [6, 6.07) is 10.9. The lowest BCUT2D eigenvalue weighted by atomic mass is 9.94. The van der Waals surface area contributed by atoms with Crippen molar-refractivity contribution in [3.05, 3.63) is 58.1 Å². The molecule has 2 N–H and O–H groups in total. The van der Waals surface area contributed by atoms with Gasteiger partial charge in [0.1, 0.15) is 17.6 Å². The van der Waals surface area contributed by atoms with E-state index in [1.165, 1.54) is 24.3 Å². The molecule has 1 amide bonds. The van der Waals surface area contributed by atoms with Crippen LogP contribution in [0.1, 0.15) is 25.3 Å². The Morgan fingerprint density at radius 3 is 2.69 bits per heavy atom. The number of ether oxygens (including phenoxy) is 2. The summed E-state index contributed by atoms with van der Waals surface area (Å²) < 4.78 is 11.4. The number of amides is 1. The Balaban J connectivity index is 1.66. The first-order valence-corrected chi connectivity index (χ1v) is 9.63. The minimum atomic E-state index is -0.693. The first-order valence-electron chi connectivity index (χ1n) is 9.63. The third kappa shape index (κ3) is 5.68. The minimum Gasteiger partial charge on any atom is -0.488 e. The maximum absolute atomic E-state index is 12.3. The molecule has 1 heterocycles. The van der Waals surface area contributed by atoms with Gasteiger partial charge in [-0.1, -0.05) is 6.07 Å². The molecule has 8 heteroatoms. The monoisotopic (exact) mass is 399 g/mol. The van der Waals surface area contributed by atoms with E-state index in [0.717, 1.165) is 31.5 Å². The lowest BCUT2D eigenvalue weighted by molar-refractivity contribution is -0.384. The second kappa shape index (κ2) is 9.38. The van der Waals surface area contributed by atoms with E-state index in [1.807, 2.05) is 32.0 Å². The van der Waals surface area contributed by atoms with E-state index in [-0.39, 0.29) is 17.5 Å². The van der Waals surface area contributed by atoms with Gasteiger partial charge in [0, 0.05) is 24.6 Å². The van der Waals surface area contributed by atoms with E-state index in [1.54, 1.807) is 0 Å². The number of nitro benzene ring substituents is 1. The molecule has 0 radical (unpaired) electrons. The van der Waals surface area contributed by atoms with Gasteiger partial charge in [-0.15, -0.1) is 0 Å². The number of nitro groups is 1. The lowest BCUT2D eigenvalue weighted by Crippen LogP contribution is -2.38. The van der Waals surface area contributed by atoms with Crippen LogP contribution in [0.25, 0.3) is 0 Å². The smallest absolute Gasteiger partial charge is 0.417 e. The number of rotatable bonds is 6. The molecule has 1 fully saturated rings. The number of benzene rings is 2. The van der Waals surface area contributed by atoms with Crippen molar-refractivity contribution in [3.63, 3.8) is 0 Å². The second-order valence-electron chi connectivity index (χ2n) is 7.19. The summed E-state index contributed by atoms with van der Waals surface area (Å²) >= 11 is 0. The molecule has 1 saturated heterocycles. The van der Waals surface area contributed by atoms with E-state index in [9.17, 15) is 14.9 Å². The zero-order chi connectivity index (χ0) is 20.8. The average molecular weight is 399 g/mol. The number of hydrogen-bond donors (Lipinski definition) is 2. The van der Waals surface area contributed by atoms with Crippen LogP contribution in [0.2, 0.25) is 0 Å². The quantitative estimate of drug-likeness (QED) is 0.555. The summed E-state index contributed by atoms with van der Waals surface area (Å²) in [5.74, 6) is 1.20. The van der Waals surface area contributed by atoms with Gasteiger partial charge in [-0.05, 0) is 63.1 Å². The number of hydrogen-bond acceptors (Lipinski definition) is 6. The third-order valence-electron chi connectivity index (χ3n) is 4.94. The highest BCUT2D eigenvalue weighted by atomic mass is 16.6. The number of nitrogens with zero attached hydrogens (tertiary/aromatic N) is 1. The van der Waals surface area contributed by atoms with Gasteiger partial charge in [-0.2, -0.15) is 0 Å². The molecule has 2 aromatic carbocycles. The van der Waals surface area contributed by atoms with Crippen LogP contribution in [-0.2, 0) is 0 Å². The van der Waals surface area contributed by atoms with Crippen molar-refractivity contribution < 1.29 is 19.2 Å². The summed E-state index contributed by atoms with van der Waals surface area (Å²) in [4.78, 5) is 22.5. The van der Waals surface area contributed by atoms with Crippen molar-refractivity contribution in [1.82, 2.24) is 5.32 Å². The molecule has 0 aromatic heterocycles. The van der Waals surface area contributed by atoms with Crippen molar-refractivity contribution in [3.8, 4) is 11.5 Å². The maximum Gasteiger partial charge on any atom is 0.417 e. The molecule has 0 saturated carbocycles. The molecule has 2 atom stereocenters. The molecular weight excluding hydrogens is 374 g/mol. The molecule has 2 aromatic rings. The molecular formula is C21H25N3O5. The SMILES string of the molecule is Cc1ccc(OC(C)C2CCCNC2)c(NC(=O)Oc2ccc([N+](=O)[O-])cc2)c1. The Kier molecular flexibility index (Phi) is 6.66. The largest absolute Gasteiger partial charge is 0.488 e. The summed E-state index contributed by atoms with van der Waals surface area (Å²) in [7, 11) is 0. The van der Waals surface area contributed by atoms with Crippen LogP contribution in [0.4, 0.5) is 16.2 Å². The predicted octanol–water partition coefficient (Wildman–Crippen LogP) is 4.28. The molecule has 154 valence electrons. The molecule has 0 bridgehead atoms. The zero-order valence-corrected chi connectivity index (χ0v) is 16.5. The molecule has 3 rings (SSSR count). The third-order valence-corrected chi connectivity index (χ3v) is 4.94.